The van der Waals surface area contributed by atoms with E-state index in [4.69, 9.17) is 0 Å². The molecule has 3 nitrogen and oxygen atoms in total. The van der Waals surface area contributed by atoms with Crippen molar-refractivity contribution < 1.29 is 9.18 Å². The Hall–Kier alpha value is -2.27. The van der Waals surface area contributed by atoms with Gasteiger partial charge in [0.2, 0.25) is 5.91 Å². The fourth-order valence-corrected chi connectivity index (χ4v) is 3.55. The number of nitrogens with one attached hydrogen (secondary N) is 1. The van der Waals surface area contributed by atoms with Gasteiger partial charge in [-0.2, -0.15) is 11.8 Å². The topological polar surface area (TPSA) is 34.0 Å². The minimum atomic E-state index is -0.169. The van der Waals surface area contributed by atoms with Crippen molar-refractivity contribution in [2.24, 2.45) is 0 Å². The number of aromatic nitrogens is 1. The number of carbonyl (C=O) groups is 1. The molecule has 0 unspecified atom stereocenters. The van der Waals surface area contributed by atoms with E-state index in [9.17, 15) is 9.18 Å². The molecule has 0 spiro atoms. The molecule has 1 N–H and O–H groups in total. The standard InChI is InChI=1S/C20H21FN2OS/c21-18-7-3-1-6-17(18)15-25-14-11-22-20(24)10-13-23-12-9-16-5-2-4-8-19(16)23/h1-9,12H,10-11,13-15H2,(H,22,24). The fraction of sp³-hybridized carbons (Fsp3) is 0.250. The molecule has 25 heavy (non-hydrogen) atoms. The number of fused-ring (bicyclic) bond motifs is 1. The lowest BCUT2D eigenvalue weighted by Crippen LogP contribution is -2.26. The first kappa shape index (κ1) is 17.5. The van der Waals surface area contributed by atoms with Gasteiger partial charge in [-0.05, 0) is 29.1 Å². The van der Waals surface area contributed by atoms with Gasteiger partial charge in [0.05, 0.1) is 0 Å². The van der Waals surface area contributed by atoms with Gasteiger partial charge in [-0.3, -0.25) is 4.79 Å². The molecule has 0 radical (unpaired) electrons. The molecule has 0 fully saturated rings. The minimum Gasteiger partial charge on any atom is -0.355 e. The molecule has 0 saturated carbocycles. The van der Waals surface area contributed by atoms with Crippen LogP contribution in [0.2, 0.25) is 0 Å². The van der Waals surface area contributed by atoms with E-state index in [1.54, 1.807) is 23.9 Å². The Morgan fingerprint density at radius 1 is 1.08 bits per heavy atom. The zero-order valence-corrected chi connectivity index (χ0v) is 14.8. The third kappa shape index (κ3) is 4.86. The van der Waals surface area contributed by atoms with Gasteiger partial charge in [-0.1, -0.05) is 36.4 Å². The minimum absolute atomic E-state index is 0.0456. The van der Waals surface area contributed by atoms with E-state index in [-0.39, 0.29) is 11.7 Å². The van der Waals surface area contributed by atoms with Crippen LogP contribution in [0.15, 0.2) is 60.8 Å². The van der Waals surface area contributed by atoms with Crippen LogP contribution < -0.4 is 5.32 Å². The molecule has 3 rings (SSSR count). The number of hydrogen-bond donors (Lipinski definition) is 1. The zero-order chi connectivity index (χ0) is 17.5. The lowest BCUT2D eigenvalue weighted by Gasteiger charge is -2.07. The van der Waals surface area contributed by atoms with Crippen LogP contribution in [0.1, 0.15) is 12.0 Å². The van der Waals surface area contributed by atoms with Gasteiger partial charge in [0.1, 0.15) is 5.82 Å². The highest BCUT2D eigenvalue weighted by atomic mass is 32.2. The van der Waals surface area contributed by atoms with Crippen molar-refractivity contribution in [3.8, 4) is 0 Å². The first-order valence-corrected chi connectivity index (χ1v) is 9.51. The summed E-state index contributed by atoms with van der Waals surface area (Å²) in [6.07, 6.45) is 2.47. The van der Waals surface area contributed by atoms with Crippen LogP contribution in [0.4, 0.5) is 4.39 Å². The van der Waals surface area contributed by atoms with E-state index in [0.29, 0.717) is 30.8 Å². The Labute approximate surface area is 151 Å². The largest absolute Gasteiger partial charge is 0.355 e. The van der Waals surface area contributed by atoms with E-state index < -0.39 is 0 Å². The highest BCUT2D eigenvalue weighted by molar-refractivity contribution is 7.98. The van der Waals surface area contributed by atoms with Crippen molar-refractivity contribution in [3.63, 3.8) is 0 Å². The molecule has 0 aliphatic carbocycles. The second-order valence-corrected chi connectivity index (χ2v) is 6.92. The summed E-state index contributed by atoms with van der Waals surface area (Å²) in [5, 5.41) is 4.11. The molecule has 130 valence electrons. The maximum absolute atomic E-state index is 13.5. The van der Waals surface area contributed by atoms with Crippen LogP contribution in [0.25, 0.3) is 10.9 Å². The molecule has 3 aromatic rings. The summed E-state index contributed by atoms with van der Waals surface area (Å²) < 4.78 is 15.6. The SMILES string of the molecule is O=C(CCn1ccc2ccccc21)NCCSCc1ccccc1F. The van der Waals surface area contributed by atoms with Crippen LogP contribution in [0.3, 0.4) is 0 Å². The van der Waals surface area contributed by atoms with E-state index in [0.717, 1.165) is 11.3 Å². The number of amides is 1. The van der Waals surface area contributed by atoms with Crippen molar-refractivity contribution in [3.05, 3.63) is 72.2 Å². The summed E-state index contributed by atoms with van der Waals surface area (Å²) in [6.45, 7) is 1.27. The molecule has 2 aromatic carbocycles. The number of halogens is 1. The van der Waals surface area contributed by atoms with E-state index in [2.05, 4.69) is 28.1 Å². The van der Waals surface area contributed by atoms with Gasteiger partial charge in [-0.15, -0.1) is 0 Å². The van der Waals surface area contributed by atoms with Crippen LogP contribution in [0, 0.1) is 5.82 Å². The molecule has 1 heterocycles. The highest BCUT2D eigenvalue weighted by Crippen LogP contribution is 2.16. The second kappa shape index (κ2) is 8.72. The van der Waals surface area contributed by atoms with E-state index >= 15 is 0 Å². The normalized spacial score (nSPS) is 10.9. The highest BCUT2D eigenvalue weighted by Gasteiger charge is 2.05. The maximum Gasteiger partial charge on any atom is 0.221 e. The Kier molecular flexibility index (Phi) is 6.12. The summed E-state index contributed by atoms with van der Waals surface area (Å²) in [6, 6.07) is 17.0. The number of aryl methyl sites for hydroxylation is 1. The number of carbonyl (C=O) groups excluding carboxylic acids is 1. The van der Waals surface area contributed by atoms with Crippen LogP contribution in [0.5, 0.6) is 0 Å². The molecular formula is C20H21FN2OS. The molecule has 1 amide bonds. The smallest absolute Gasteiger partial charge is 0.221 e. The Bertz CT molecular complexity index is 846. The molecule has 5 heteroatoms. The van der Waals surface area contributed by atoms with Crippen LogP contribution in [-0.4, -0.2) is 22.8 Å². The van der Waals surface area contributed by atoms with Gasteiger partial charge < -0.3 is 9.88 Å². The average Bonchev–Trinajstić information content (AvgIpc) is 3.04. The number of rotatable bonds is 8. The number of nitrogens with zero attached hydrogens (tertiary/aromatic N) is 1. The van der Waals surface area contributed by atoms with Gasteiger partial charge in [0.15, 0.2) is 0 Å². The Morgan fingerprint density at radius 3 is 2.76 bits per heavy atom. The predicted molar refractivity (Wildman–Crippen MR) is 102 cm³/mol. The van der Waals surface area contributed by atoms with Crippen LogP contribution in [-0.2, 0) is 17.1 Å². The molecule has 0 bridgehead atoms. The molecular weight excluding hydrogens is 335 g/mol. The lowest BCUT2D eigenvalue weighted by atomic mass is 10.2. The summed E-state index contributed by atoms with van der Waals surface area (Å²) >= 11 is 1.62. The molecule has 0 aliphatic heterocycles. The van der Waals surface area contributed by atoms with Gasteiger partial charge in [0, 0.05) is 42.7 Å². The van der Waals surface area contributed by atoms with Crippen molar-refractivity contribution in [2.75, 3.05) is 12.3 Å². The third-order valence-corrected chi connectivity index (χ3v) is 5.05. The second-order valence-electron chi connectivity index (χ2n) is 5.81. The molecule has 0 atom stereocenters. The van der Waals surface area contributed by atoms with Crippen molar-refractivity contribution in [1.29, 1.82) is 0 Å². The van der Waals surface area contributed by atoms with Gasteiger partial charge >= 0.3 is 0 Å². The molecule has 1 aromatic heterocycles. The van der Waals surface area contributed by atoms with Crippen molar-refractivity contribution in [2.45, 2.75) is 18.7 Å². The molecule has 0 aliphatic rings. The Balaban J connectivity index is 1.35. The third-order valence-electron chi connectivity index (χ3n) is 4.04. The van der Waals surface area contributed by atoms with Crippen molar-refractivity contribution >= 4 is 28.6 Å². The average molecular weight is 356 g/mol. The maximum atomic E-state index is 13.5. The number of thioether (sulfide) groups is 1. The summed E-state index contributed by atoms with van der Waals surface area (Å²) in [4.78, 5) is 12.0. The fourth-order valence-electron chi connectivity index (χ4n) is 2.71. The summed E-state index contributed by atoms with van der Waals surface area (Å²) in [5.41, 5.74) is 1.86. The number of para-hydroxylation sites is 1. The predicted octanol–water partition coefficient (Wildman–Crippen LogP) is 4.22. The molecule has 0 saturated heterocycles. The van der Waals surface area contributed by atoms with E-state index in [1.807, 2.05) is 24.4 Å². The number of hydrogen-bond acceptors (Lipinski definition) is 2. The first-order chi connectivity index (χ1) is 12.2. The number of benzene rings is 2. The quantitative estimate of drug-likeness (QED) is 0.613. The first-order valence-electron chi connectivity index (χ1n) is 8.36. The summed E-state index contributed by atoms with van der Waals surface area (Å²) in [5.74, 6) is 1.27. The Morgan fingerprint density at radius 2 is 1.88 bits per heavy atom. The van der Waals surface area contributed by atoms with Crippen LogP contribution >= 0.6 is 11.8 Å². The van der Waals surface area contributed by atoms with Gasteiger partial charge in [0.25, 0.3) is 0 Å². The monoisotopic (exact) mass is 356 g/mol. The van der Waals surface area contributed by atoms with Gasteiger partial charge in [-0.25, -0.2) is 4.39 Å². The summed E-state index contributed by atoms with van der Waals surface area (Å²) in [7, 11) is 0. The van der Waals surface area contributed by atoms with Crippen molar-refractivity contribution in [1.82, 2.24) is 9.88 Å². The zero-order valence-electron chi connectivity index (χ0n) is 14.0. The lowest BCUT2D eigenvalue weighted by molar-refractivity contribution is -0.121. The van der Waals surface area contributed by atoms with E-state index in [1.165, 1.54) is 11.5 Å².